The minimum Gasteiger partial charge on any atom is -0.475 e. The average Bonchev–Trinajstić information content (AvgIpc) is 2.44. The van der Waals surface area contributed by atoms with Crippen LogP contribution in [0.15, 0.2) is 48.5 Å². The van der Waals surface area contributed by atoms with Crippen molar-refractivity contribution in [3.8, 4) is 11.5 Å². The van der Waals surface area contributed by atoms with Crippen molar-refractivity contribution in [3.05, 3.63) is 58.6 Å². The van der Waals surface area contributed by atoms with Gasteiger partial charge in [-0.05, 0) is 48.5 Å². The first-order chi connectivity index (χ1) is 9.89. The number of carboxylic acid groups (broad SMARTS) is 1. The largest absolute Gasteiger partial charge is 0.475 e. The van der Waals surface area contributed by atoms with Crippen molar-refractivity contribution in [3.63, 3.8) is 0 Å². The summed E-state index contributed by atoms with van der Waals surface area (Å²) in [6, 6.07) is 12.7. The van der Waals surface area contributed by atoms with E-state index in [1.165, 1.54) is 6.92 Å². The molecule has 2 aromatic rings. The molecule has 0 spiro atoms. The molecule has 6 heteroatoms. The van der Waals surface area contributed by atoms with E-state index in [0.29, 0.717) is 21.5 Å². The number of benzene rings is 2. The van der Waals surface area contributed by atoms with E-state index in [9.17, 15) is 9.90 Å². The van der Waals surface area contributed by atoms with Crippen molar-refractivity contribution in [2.24, 2.45) is 0 Å². The zero-order valence-corrected chi connectivity index (χ0v) is 12.6. The highest BCUT2D eigenvalue weighted by molar-refractivity contribution is 6.30. The minimum atomic E-state index is -1.87. The van der Waals surface area contributed by atoms with E-state index in [0.717, 1.165) is 0 Å². The lowest BCUT2D eigenvalue weighted by Crippen LogP contribution is -2.47. The van der Waals surface area contributed by atoms with Crippen molar-refractivity contribution in [2.45, 2.75) is 12.7 Å². The quantitative estimate of drug-likeness (QED) is 0.834. The number of aliphatic carboxylic acids is 1. The number of carboxylic acids is 1. The molecule has 110 valence electrons. The number of ether oxygens (including phenoxy) is 2. The van der Waals surface area contributed by atoms with Crippen LogP contribution >= 0.6 is 23.2 Å². The molecule has 1 N–H and O–H groups in total. The molecule has 4 nitrogen and oxygen atoms in total. The molecule has 0 radical (unpaired) electrons. The Morgan fingerprint density at radius 2 is 1.24 bits per heavy atom. The van der Waals surface area contributed by atoms with Gasteiger partial charge in [-0.3, -0.25) is 0 Å². The Morgan fingerprint density at radius 1 is 0.905 bits per heavy atom. The highest BCUT2D eigenvalue weighted by Crippen LogP contribution is 2.25. The first kappa shape index (κ1) is 15.5. The highest BCUT2D eigenvalue weighted by atomic mass is 35.5. The van der Waals surface area contributed by atoms with Crippen LogP contribution in [0.5, 0.6) is 11.5 Å². The molecule has 0 aromatic heterocycles. The number of carbonyl (C=O) groups is 1. The van der Waals surface area contributed by atoms with Gasteiger partial charge >= 0.3 is 11.8 Å². The lowest BCUT2D eigenvalue weighted by molar-refractivity contribution is -0.181. The lowest BCUT2D eigenvalue weighted by atomic mass is 10.3. The maximum Gasteiger partial charge on any atom is 0.390 e. The van der Waals surface area contributed by atoms with Gasteiger partial charge in [-0.15, -0.1) is 0 Å². The summed E-state index contributed by atoms with van der Waals surface area (Å²) < 4.78 is 10.9. The molecule has 0 aliphatic carbocycles. The van der Waals surface area contributed by atoms with Gasteiger partial charge in [0.05, 0.1) is 0 Å². The predicted octanol–water partition coefficient (Wildman–Crippen LogP) is 4.25. The number of rotatable bonds is 5. The summed E-state index contributed by atoms with van der Waals surface area (Å²) in [5, 5.41) is 10.4. The fraction of sp³-hybridized carbons (Fsp3) is 0.133. The van der Waals surface area contributed by atoms with E-state index in [2.05, 4.69) is 0 Å². The van der Waals surface area contributed by atoms with Crippen LogP contribution in [-0.2, 0) is 4.79 Å². The smallest absolute Gasteiger partial charge is 0.390 e. The van der Waals surface area contributed by atoms with E-state index < -0.39 is 11.8 Å². The molecule has 0 aliphatic rings. The van der Waals surface area contributed by atoms with Crippen molar-refractivity contribution < 1.29 is 19.4 Å². The average molecular weight is 327 g/mol. The maximum absolute atomic E-state index is 11.5. The molecule has 0 atom stereocenters. The summed E-state index contributed by atoms with van der Waals surface area (Å²) in [6.07, 6.45) is 0. The summed E-state index contributed by atoms with van der Waals surface area (Å²) in [4.78, 5) is 11.5. The van der Waals surface area contributed by atoms with Crippen LogP contribution in [0, 0.1) is 0 Å². The van der Waals surface area contributed by atoms with Crippen LogP contribution in [0.3, 0.4) is 0 Å². The molecule has 21 heavy (non-hydrogen) atoms. The third kappa shape index (κ3) is 4.03. The van der Waals surface area contributed by atoms with E-state index >= 15 is 0 Å². The van der Waals surface area contributed by atoms with Gasteiger partial charge in [-0.1, -0.05) is 23.2 Å². The van der Waals surface area contributed by atoms with Gasteiger partial charge in [0, 0.05) is 17.0 Å². The predicted molar refractivity (Wildman–Crippen MR) is 80.2 cm³/mol. The Balaban J connectivity index is 2.21. The van der Waals surface area contributed by atoms with Crippen molar-refractivity contribution in [2.75, 3.05) is 0 Å². The van der Waals surface area contributed by atoms with Crippen molar-refractivity contribution in [1.82, 2.24) is 0 Å². The van der Waals surface area contributed by atoms with Crippen LogP contribution in [0.1, 0.15) is 6.92 Å². The molecule has 0 bridgehead atoms. The molecule has 2 aromatic carbocycles. The highest BCUT2D eigenvalue weighted by Gasteiger charge is 2.38. The number of hydrogen-bond donors (Lipinski definition) is 1. The van der Waals surface area contributed by atoms with Crippen molar-refractivity contribution in [1.29, 1.82) is 0 Å². The summed E-state index contributed by atoms with van der Waals surface area (Å²) in [5.74, 6) is -2.47. The molecule has 0 fully saturated rings. The topological polar surface area (TPSA) is 55.8 Å². The molecule has 0 aliphatic heterocycles. The van der Waals surface area contributed by atoms with Gasteiger partial charge in [0.15, 0.2) is 0 Å². The number of halogens is 2. The van der Waals surface area contributed by atoms with E-state index in [1.54, 1.807) is 48.5 Å². The lowest BCUT2D eigenvalue weighted by Gasteiger charge is -2.27. The van der Waals surface area contributed by atoms with Crippen LogP contribution in [0.4, 0.5) is 0 Å². The van der Waals surface area contributed by atoms with Crippen LogP contribution in [0.2, 0.25) is 10.0 Å². The Labute approximate surface area is 131 Å². The standard InChI is InChI=1S/C15H12Cl2O4/c1-15(14(18)19,20-12-6-2-10(16)3-7-12)21-13-8-4-11(17)5-9-13/h2-9H,1H3,(H,18,19). The first-order valence-electron chi connectivity index (χ1n) is 6.01. The zero-order valence-electron chi connectivity index (χ0n) is 11.0. The summed E-state index contributed by atoms with van der Waals surface area (Å²) in [7, 11) is 0. The van der Waals surface area contributed by atoms with E-state index in [-0.39, 0.29) is 0 Å². The second kappa shape index (κ2) is 6.24. The summed E-state index contributed by atoms with van der Waals surface area (Å²) >= 11 is 11.5. The molecule has 0 amide bonds. The van der Waals surface area contributed by atoms with Gasteiger partial charge in [0.1, 0.15) is 11.5 Å². The van der Waals surface area contributed by atoms with Crippen molar-refractivity contribution >= 4 is 29.2 Å². The zero-order chi connectivity index (χ0) is 15.5. The Morgan fingerprint density at radius 3 is 1.52 bits per heavy atom. The SMILES string of the molecule is CC(Oc1ccc(Cl)cc1)(Oc1ccc(Cl)cc1)C(=O)O. The molecule has 0 saturated carbocycles. The monoisotopic (exact) mass is 326 g/mol. The third-order valence-corrected chi connectivity index (χ3v) is 3.14. The summed E-state index contributed by atoms with van der Waals surface area (Å²) in [5.41, 5.74) is 0. The normalized spacial score (nSPS) is 11.0. The third-order valence-electron chi connectivity index (χ3n) is 2.64. The molecule has 2 rings (SSSR count). The van der Waals surface area contributed by atoms with Crippen LogP contribution in [-0.4, -0.2) is 16.9 Å². The molecular weight excluding hydrogens is 315 g/mol. The minimum absolute atomic E-state index is 0.332. The molecule has 0 saturated heterocycles. The van der Waals surface area contributed by atoms with Gasteiger partial charge in [-0.2, -0.15) is 0 Å². The Bertz CT molecular complexity index is 576. The van der Waals surface area contributed by atoms with Gasteiger partial charge in [0.2, 0.25) is 0 Å². The second-order valence-corrected chi connectivity index (χ2v) is 5.24. The fourth-order valence-electron chi connectivity index (χ4n) is 1.56. The van der Waals surface area contributed by atoms with Gasteiger partial charge < -0.3 is 14.6 Å². The number of hydrogen-bond acceptors (Lipinski definition) is 3. The second-order valence-electron chi connectivity index (χ2n) is 4.36. The maximum atomic E-state index is 11.5. The first-order valence-corrected chi connectivity index (χ1v) is 6.77. The Kier molecular flexibility index (Phi) is 4.60. The Hall–Kier alpha value is -1.91. The van der Waals surface area contributed by atoms with Crippen LogP contribution in [0.25, 0.3) is 0 Å². The van der Waals surface area contributed by atoms with Gasteiger partial charge in [-0.25, -0.2) is 4.79 Å². The van der Waals surface area contributed by atoms with Gasteiger partial charge in [0.25, 0.3) is 0 Å². The van der Waals surface area contributed by atoms with E-state index in [1.807, 2.05) is 0 Å². The van der Waals surface area contributed by atoms with Crippen LogP contribution < -0.4 is 9.47 Å². The summed E-state index contributed by atoms with van der Waals surface area (Å²) in [6.45, 7) is 1.32. The molecule has 0 heterocycles. The molecule has 0 unspecified atom stereocenters. The fourth-order valence-corrected chi connectivity index (χ4v) is 1.82. The molecular formula is C15H12Cl2O4. The van der Waals surface area contributed by atoms with E-state index in [4.69, 9.17) is 32.7 Å².